The number of aliphatic hydroxyl groups excluding tert-OH is 5. The summed E-state index contributed by atoms with van der Waals surface area (Å²) in [7, 11) is 0. The fourth-order valence-corrected chi connectivity index (χ4v) is 7.40. The number of piperidine rings is 1. The second-order valence-corrected chi connectivity index (χ2v) is 15.5. The third kappa shape index (κ3) is 14.1. The van der Waals surface area contributed by atoms with Crippen LogP contribution in [0.3, 0.4) is 0 Å². The van der Waals surface area contributed by atoms with Crippen molar-refractivity contribution in [3.63, 3.8) is 0 Å². The lowest BCUT2D eigenvalue weighted by molar-refractivity contribution is -0.144. The molecule has 9 N–H and O–H groups in total. The molecule has 19 nitrogen and oxygen atoms in total. The molecule has 0 radical (unpaired) electrons. The van der Waals surface area contributed by atoms with Crippen LogP contribution in [0, 0.1) is 17.2 Å². The second kappa shape index (κ2) is 23.1. The highest BCUT2D eigenvalue weighted by Crippen LogP contribution is 2.34. The van der Waals surface area contributed by atoms with E-state index in [1.165, 1.54) is 12.1 Å². The molecule has 0 bridgehead atoms. The molecular weight excluding hydrogens is 832 g/mol. The zero-order valence-corrected chi connectivity index (χ0v) is 34.5. The average Bonchev–Trinajstić information content (AvgIpc) is 3.79. The van der Waals surface area contributed by atoms with E-state index in [0.29, 0.717) is 70.3 Å². The van der Waals surface area contributed by atoms with Crippen molar-refractivity contribution in [1.82, 2.24) is 35.9 Å². The van der Waals surface area contributed by atoms with Gasteiger partial charge in [0.25, 0.3) is 5.91 Å². The summed E-state index contributed by atoms with van der Waals surface area (Å²) in [5, 5.41) is 68.1. The minimum absolute atomic E-state index is 0.0228. The Morgan fingerprint density at radius 1 is 0.873 bits per heavy atom. The van der Waals surface area contributed by atoms with Crippen LogP contribution in [-0.2, 0) is 22.2 Å². The molecule has 2 aliphatic heterocycles. The first-order valence-corrected chi connectivity index (χ1v) is 20.8. The van der Waals surface area contributed by atoms with Gasteiger partial charge in [0.15, 0.2) is 0 Å². The second-order valence-electron chi connectivity index (χ2n) is 15.5. The maximum atomic E-state index is 14.1. The number of hydrogen-bond acceptors (Lipinski definition) is 16. The topological polar surface area (TPSA) is 282 Å². The fraction of sp³-hybridized carbons (Fsp3) is 0.561. The van der Waals surface area contributed by atoms with Crippen LogP contribution in [0.5, 0.6) is 0 Å². The minimum Gasteiger partial charge on any atom is -0.394 e. The Morgan fingerprint density at radius 2 is 1.57 bits per heavy atom. The van der Waals surface area contributed by atoms with Crippen LogP contribution < -0.4 is 31.1 Å². The van der Waals surface area contributed by atoms with E-state index in [1.807, 2.05) is 12.1 Å². The molecule has 0 spiro atoms. The molecule has 2 fully saturated rings. The summed E-state index contributed by atoms with van der Waals surface area (Å²) in [6.45, 7) is 0.719. The number of hydrogen-bond donors (Lipinski definition) is 9. The van der Waals surface area contributed by atoms with Crippen molar-refractivity contribution in [2.75, 3.05) is 67.5 Å². The number of benzene rings is 1. The maximum absolute atomic E-state index is 14.1. The van der Waals surface area contributed by atoms with Gasteiger partial charge < -0.3 is 56.6 Å². The molecule has 2 saturated heterocycles. The van der Waals surface area contributed by atoms with Crippen molar-refractivity contribution in [2.45, 2.75) is 88.0 Å². The molecule has 5 atom stereocenters. The van der Waals surface area contributed by atoms with Crippen molar-refractivity contribution in [1.29, 1.82) is 5.26 Å². The summed E-state index contributed by atoms with van der Waals surface area (Å²) in [5.74, 6) is -1.76. The normalized spacial score (nSPS) is 17.6. The van der Waals surface area contributed by atoms with E-state index < -0.39 is 55.0 Å². The van der Waals surface area contributed by atoms with Crippen LogP contribution in [0.2, 0.25) is 0 Å². The number of nitrogens with one attached hydrogen (secondary N) is 4. The van der Waals surface area contributed by atoms with Gasteiger partial charge in [0.1, 0.15) is 53.8 Å². The third-order valence-electron chi connectivity index (χ3n) is 11.0. The van der Waals surface area contributed by atoms with Crippen molar-refractivity contribution < 1.29 is 53.1 Å². The van der Waals surface area contributed by atoms with Crippen LogP contribution in [0.15, 0.2) is 42.7 Å². The number of carbonyl (C=O) groups excluding carboxylic acids is 3. The molecule has 2 aromatic heterocycles. The molecule has 3 aromatic rings. The molecule has 1 aromatic carbocycles. The molecule has 0 unspecified atom stereocenters. The van der Waals surface area contributed by atoms with Gasteiger partial charge in [-0.25, -0.2) is 19.9 Å². The number of aliphatic hydroxyl groups is 5. The summed E-state index contributed by atoms with van der Waals surface area (Å²) < 4.78 is 42.2. The van der Waals surface area contributed by atoms with E-state index in [0.717, 1.165) is 18.3 Å². The number of aromatic nitrogens is 4. The molecule has 0 aliphatic carbocycles. The Bertz CT molecular complexity index is 2020. The van der Waals surface area contributed by atoms with Crippen molar-refractivity contribution in [3.05, 3.63) is 65.4 Å². The summed E-state index contributed by atoms with van der Waals surface area (Å²) in [6, 6.07) is 11.2. The van der Waals surface area contributed by atoms with E-state index in [9.17, 15) is 48.0 Å². The largest absolute Gasteiger partial charge is 0.451 e. The first kappa shape index (κ1) is 48.3. The summed E-state index contributed by atoms with van der Waals surface area (Å²) in [4.78, 5) is 57.4. The number of halogens is 3. The molecule has 2 aliphatic rings. The lowest BCUT2D eigenvalue weighted by Gasteiger charge is -2.34. The number of rotatable bonds is 21. The number of amides is 3. The van der Waals surface area contributed by atoms with Gasteiger partial charge in [-0.05, 0) is 68.6 Å². The van der Waals surface area contributed by atoms with Crippen molar-refractivity contribution in [2.24, 2.45) is 5.92 Å². The van der Waals surface area contributed by atoms with Gasteiger partial charge in [-0.2, -0.15) is 18.4 Å². The number of nitrogens with zero attached hydrogens (tertiary/aromatic N) is 7. The number of carbonyl (C=O) groups is 3. The van der Waals surface area contributed by atoms with Gasteiger partial charge >= 0.3 is 6.18 Å². The van der Waals surface area contributed by atoms with Gasteiger partial charge in [0.2, 0.25) is 17.6 Å². The average molecular weight is 886 g/mol. The highest BCUT2D eigenvalue weighted by Gasteiger charge is 2.39. The van der Waals surface area contributed by atoms with Crippen molar-refractivity contribution in [3.8, 4) is 6.07 Å². The predicted molar refractivity (Wildman–Crippen MR) is 221 cm³/mol. The summed E-state index contributed by atoms with van der Waals surface area (Å²) >= 11 is 0. The van der Waals surface area contributed by atoms with E-state index >= 15 is 0 Å². The first-order chi connectivity index (χ1) is 30.2. The van der Waals surface area contributed by atoms with E-state index in [1.54, 1.807) is 21.9 Å². The molecule has 22 heteroatoms. The van der Waals surface area contributed by atoms with Crippen LogP contribution in [0.4, 0.5) is 30.6 Å². The van der Waals surface area contributed by atoms with Crippen LogP contribution in [0.25, 0.3) is 0 Å². The van der Waals surface area contributed by atoms with Gasteiger partial charge in [-0.1, -0.05) is 12.1 Å². The third-order valence-corrected chi connectivity index (χ3v) is 11.0. The quantitative estimate of drug-likeness (QED) is 0.0649. The summed E-state index contributed by atoms with van der Waals surface area (Å²) in [5.41, 5.74) is 1.44. The number of alkyl halides is 3. The van der Waals surface area contributed by atoms with Gasteiger partial charge in [-0.15, -0.1) is 0 Å². The van der Waals surface area contributed by atoms with Gasteiger partial charge in [0, 0.05) is 64.4 Å². The van der Waals surface area contributed by atoms with Crippen molar-refractivity contribution >= 4 is 35.2 Å². The number of nitriles is 1. The predicted octanol–water partition coefficient (Wildman–Crippen LogP) is 0.265. The fourth-order valence-electron chi connectivity index (χ4n) is 7.40. The lowest BCUT2D eigenvalue weighted by atomic mass is 9.91. The van der Waals surface area contributed by atoms with Crippen LogP contribution in [0.1, 0.15) is 72.4 Å². The SMILES string of the molecule is N#Cc1ccc(CCNC(=O)[C@@H]2CCCN2c2cc(N3CCC(CCCC(=O)NCCNC(=O)c4cc(NC[C@H](O)[C@@H](O)[C@H](O)[C@H](O)CO)ncn4)CC3)nc(C(F)(F)F)n2)cc1. The molecule has 63 heavy (non-hydrogen) atoms. The Hall–Kier alpha value is -5.73. The maximum Gasteiger partial charge on any atom is 0.451 e. The van der Waals surface area contributed by atoms with Crippen LogP contribution in [-0.4, -0.2) is 146 Å². The highest BCUT2D eigenvalue weighted by molar-refractivity contribution is 5.92. The monoisotopic (exact) mass is 885 g/mol. The standard InChI is InChI=1S/C41H54F3N11O8/c42-41(43,44)40-52-33(20-34(53-40)55-16-2-4-29(55)39(63)47-13-10-26-6-8-27(21-45)9-7-26)54-17-11-25(12-18-54)3-1-5-35(59)46-14-15-48-38(62)28-19-32(51-24-50-28)49-22-30(57)36(60)37(61)31(58)23-56/h6-9,19-20,24-25,29-31,36-37,56-58,60-61H,1-5,10-18,22-23H2,(H,46,59)(H,47,63)(H,48,62)(H,49,50,51)/t29-,30-,31+,36+,37+/m0/s1. The van der Waals surface area contributed by atoms with E-state index in [-0.39, 0.29) is 66.9 Å². The molecule has 0 saturated carbocycles. The van der Waals surface area contributed by atoms with E-state index in [2.05, 4.69) is 47.3 Å². The molecule has 342 valence electrons. The molecule has 5 rings (SSSR count). The highest BCUT2D eigenvalue weighted by atomic mass is 19.4. The minimum atomic E-state index is -4.80. The zero-order valence-electron chi connectivity index (χ0n) is 34.5. The smallest absolute Gasteiger partial charge is 0.394 e. The number of anilines is 3. The zero-order chi connectivity index (χ0) is 45.5. The Kier molecular flexibility index (Phi) is 17.7. The van der Waals surface area contributed by atoms with E-state index in [4.69, 9.17) is 10.4 Å². The van der Waals surface area contributed by atoms with Gasteiger partial charge in [-0.3, -0.25) is 14.4 Å². The van der Waals surface area contributed by atoms with Gasteiger partial charge in [0.05, 0.1) is 24.3 Å². The Morgan fingerprint density at radius 3 is 2.27 bits per heavy atom. The van der Waals surface area contributed by atoms with Crippen LogP contribution >= 0.6 is 0 Å². The lowest BCUT2D eigenvalue weighted by Crippen LogP contribution is -2.48. The molecule has 3 amide bonds. The molecular formula is C41H54F3N11O8. The molecule has 4 heterocycles. The Labute approximate surface area is 361 Å². The Balaban J connectivity index is 1.02. The first-order valence-electron chi connectivity index (χ1n) is 20.8. The summed E-state index contributed by atoms with van der Waals surface area (Å²) in [6.07, 6.45) is -5.92.